The van der Waals surface area contributed by atoms with E-state index in [1.165, 1.54) is 25.7 Å². The summed E-state index contributed by atoms with van der Waals surface area (Å²) in [6.07, 6.45) is 7.38. The topological polar surface area (TPSA) is 71.8 Å². The number of anilines is 1. The van der Waals surface area contributed by atoms with Gasteiger partial charge in [0.1, 0.15) is 5.82 Å². The van der Waals surface area contributed by atoms with Gasteiger partial charge >= 0.3 is 0 Å². The largest absolute Gasteiger partial charge is 0.326 e. The summed E-state index contributed by atoms with van der Waals surface area (Å²) in [6, 6.07) is 7.97. The molecule has 26 heavy (non-hydrogen) atoms. The number of nitrogens with one attached hydrogen (secondary N) is 2. The molecule has 2 aliphatic rings. The first kappa shape index (κ1) is 17.2. The zero-order valence-corrected chi connectivity index (χ0v) is 15.2. The van der Waals surface area contributed by atoms with Crippen molar-refractivity contribution in [1.29, 1.82) is 0 Å². The van der Waals surface area contributed by atoms with E-state index in [-0.39, 0.29) is 5.91 Å². The number of nitrogens with zero attached hydrogens (tertiary/aromatic N) is 3. The van der Waals surface area contributed by atoms with Gasteiger partial charge in [-0.1, -0.05) is 6.42 Å². The average Bonchev–Trinajstić information content (AvgIpc) is 3.26. The first-order valence-corrected chi connectivity index (χ1v) is 9.83. The van der Waals surface area contributed by atoms with Gasteiger partial charge in [-0.2, -0.15) is 0 Å². The molecule has 138 valence electrons. The summed E-state index contributed by atoms with van der Waals surface area (Å²) in [6.45, 7) is 3.12. The fourth-order valence-electron chi connectivity index (χ4n) is 3.92. The number of hydrogen-bond donors (Lipinski definition) is 2. The van der Waals surface area contributed by atoms with E-state index in [0.29, 0.717) is 12.3 Å². The number of aryl methyl sites for hydroxylation is 1. The summed E-state index contributed by atoms with van der Waals surface area (Å²) >= 11 is 0. The molecule has 2 aliphatic heterocycles. The number of carbonyl (C=O) groups excluding carboxylic acids is 1. The van der Waals surface area contributed by atoms with E-state index in [1.54, 1.807) is 0 Å². The normalized spacial score (nSPS) is 19.8. The summed E-state index contributed by atoms with van der Waals surface area (Å²) in [7, 11) is 0. The predicted molar refractivity (Wildman–Crippen MR) is 102 cm³/mol. The lowest BCUT2D eigenvalue weighted by molar-refractivity contribution is -0.116. The van der Waals surface area contributed by atoms with Crippen LogP contribution < -0.4 is 10.6 Å². The van der Waals surface area contributed by atoms with E-state index in [2.05, 4.69) is 25.4 Å². The minimum absolute atomic E-state index is 0.0981. The van der Waals surface area contributed by atoms with E-state index in [9.17, 15) is 4.79 Å². The highest BCUT2D eigenvalue weighted by molar-refractivity contribution is 5.90. The smallest absolute Gasteiger partial charge is 0.224 e. The summed E-state index contributed by atoms with van der Waals surface area (Å²) in [5, 5.41) is 15.1. The summed E-state index contributed by atoms with van der Waals surface area (Å²) in [4.78, 5) is 12.2. The molecule has 1 aromatic carbocycles. The second-order valence-corrected chi connectivity index (χ2v) is 7.43. The Morgan fingerprint density at radius 2 is 2.08 bits per heavy atom. The Balaban J connectivity index is 1.37. The second kappa shape index (κ2) is 7.99. The van der Waals surface area contributed by atoms with Gasteiger partial charge in [0.15, 0.2) is 5.82 Å². The van der Waals surface area contributed by atoms with Crippen LogP contribution in [-0.2, 0) is 17.8 Å². The molecule has 1 fully saturated rings. The van der Waals surface area contributed by atoms with Crippen LogP contribution in [0.5, 0.6) is 0 Å². The Morgan fingerprint density at radius 3 is 2.88 bits per heavy atom. The number of amides is 1. The highest BCUT2D eigenvalue weighted by Crippen LogP contribution is 2.24. The van der Waals surface area contributed by atoms with Crippen LogP contribution in [0.1, 0.15) is 44.3 Å². The van der Waals surface area contributed by atoms with Gasteiger partial charge in [0.25, 0.3) is 0 Å². The molecule has 2 aromatic rings. The molecule has 6 heteroatoms. The molecular weight excluding hydrogens is 326 g/mol. The van der Waals surface area contributed by atoms with Crippen LogP contribution in [0.4, 0.5) is 5.69 Å². The first-order valence-electron chi connectivity index (χ1n) is 9.83. The third-order valence-corrected chi connectivity index (χ3v) is 5.48. The van der Waals surface area contributed by atoms with Crippen molar-refractivity contribution in [2.75, 3.05) is 18.4 Å². The molecule has 1 aromatic heterocycles. The molecule has 4 rings (SSSR count). The van der Waals surface area contributed by atoms with E-state index in [1.807, 2.05) is 24.3 Å². The maximum absolute atomic E-state index is 12.2. The molecule has 1 amide bonds. The summed E-state index contributed by atoms with van der Waals surface area (Å²) < 4.78 is 2.25. The van der Waals surface area contributed by atoms with Gasteiger partial charge < -0.3 is 15.2 Å². The Kier molecular flexibility index (Phi) is 5.29. The van der Waals surface area contributed by atoms with Crippen molar-refractivity contribution >= 4 is 11.6 Å². The third-order valence-electron chi connectivity index (χ3n) is 5.48. The van der Waals surface area contributed by atoms with Gasteiger partial charge in [0, 0.05) is 30.6 Å². The van der Waals surface area contributed by atoms with Crippen molar-refractivity contribution in [2.24, 2.45) is 5.92 Å². The summed E-state index contributed by atoms with van der Waals surface area (Å²) in [5.41, 5.74) is 1.90. The zero-order valence-electron chi connectivity index (χ0n) is 15.2. The minimum Gasteiger partial charge on any atom is -0.326 e. The molecule has 0 spiro atoms. The molecule has 2 N–H and O–H groups in total. The van der Waals surface area contributed by atoms with Crippen molar-refractivity contribution < 1.29 is 4.79 Å². The van der Waals surface area contributed by atoms with Gasteiger partial charge in [-0.3, -0.25) is 4.79 Å². The second-order valence-electron chi connectivity index (χ2n) is 7.43. The molecule has 1 saturated heterocycles. The van der Waals surface area contributed by atoms with Crippen molar-refractivity contribution in [3.05, 3.63) is 30.1 Å². The molecular formula is C20H27N5O. The standard InChI is InChI=1S/C20H27N5O/c26-19(10-5-15-11-12-21-14-15)22-17-8-6-16(7-9-17)20-24-23-18-4-2-1-3-13-25(18)20/h6-9,15,21H,1-5,10-14H2,(H,22,26). The van der Waals surface area contributed by atoms with Crippen LogP contribution in [-0.4, -0.2) is 33.8 Å². The van der Waals surface area contributed by atoms with Crippen molar-refractivity contribution in [2.45, 2.75) is 51.5 Å². The minimum atomic E-state index is 0.0981. The van der Waals surface area contributed by atoms with Crippen LogP contribution in [0, 0.1) is 5.92 Å². The molecule has 6 nitrogen and oxygen atoms in total. The number of hydrogen-bond acceptors (Lipinski definition) is 4. The molecule has 1 atom stereocenters. The quantitative estimate of drug-likeness (QED) is 0.867. The monoisotopic (exact) mass is 353 g/mol. The van der Waals surface area contributed by atoms with Gasteiger partial charge in [-0.25, -0.2) is 0 Å². The maximum atomic E-state index is 12.2. The van der Waals surface area contributed by atoms with Crippen LogP contribution in [0.25, 0.3) is 11.4 Å². The fraction of sp³-hybridized carbons (Fsp3) is 0.550. The molecule has 0 radical (unpaired) electrons. The van der Waals surface area contributed by atoms with Crippen molar-refractivity contribution in [3.8, 4) is 11.4 Å². The number of carbonyl (C=O) groups is 1. The Bertz CT molecular complexity index is 746. The number of rotatable bonds is 5. The number of aromatic nitrogens is 3. The Hall–Kier alpha value is -2.21. The Morgan fingerprint density at radius 1 is 1.19 bits per heavy atom. The maximum Gasteiger partial charge on any atom is 0.224 e. The summed E-state index contributed by atoms with van der Waals surface area (Å²) in [5.74, 6) is 2.78. The van der Waals surface area contributed by atoms with Crippen LogP contribution in [0.2, 0.25) is 0 Å². The zero-order chi connectivity index (χ0) is 17.8. The molecule has 0 aliphatic carbocycles. The van der Waals surface area contributed by atoms with Gasteiger partial charge in [0.05, 0.1) is 0 Å². The van der Waals surface area contributed by atoms with Crippen molar-refractivity contribution in [1.82, 2.24) is 20.1 Å². The number of fused-ring (bicyclic) bond motifs is 1. The SMILES string of the molecule is O=C(CCC1CCNC1)Nc1ccc(-c2nnc3n2CCCCC3)cc1. The number of benzene rings is 1. The van der Waals surface area contributed by atoms with Crippen LogP contribution in [0.3, 0.4) is 0 Å². The van der Waals surface area contributed by atoms with Crippen LogP contribution >= 0.6 is 0 Å². The lowest BCUT2D eigenvalue weighted by Gasteiger charge is -2.10. The fourth-order valence-corrected chi connectivity index (χ4v) is 3.92. The molecule has 0 saturated carbocycles. The lowest BCUT2D eigenvalue weighted by atomic mass is 10.0. The molecule has 0 bridgehead atoms. The predicted octanol–water partition coefficient (Wildman–Crippen LogP) is 3.00. The van der Waals surface area contributed by atoms with Gasteiger partial charge in [-0.15, -0.1) is 10.2 Å². The molecule has 3 heterocycles. The van der Waals surface area contributed by atoms with E-state index < -0.39 is 0 Å². The average molecular weight is 353 g/mol. The highest BCUT2D eigenvalue weighted by Gasteiger charge is 2.17. The van der Waals surface area contributed by atoms with E-state index in [0.717, 1.165) is 55.4 Å². The third kappa shape index (κ3) is 3.96. The van der Waals surface area contributed by atoms with Crippen molar-refractivity contribution in [3.63, 3.8) is 0 Å². The molecule has 1 unspecified atom stereocenters. The lowest BCUT2D eigenvalue weighted by Crippen LogP contribution is -2.15. The van der Waals surface area contributed by atoms with Gasteiger partial charge in [-0.05, 0) is 69.0 Å². The Labute approximate surface area is 154 Å². The first-order chi connectivity index (χ1) is 12.8. The van der Waals surface area contributed by atoms with E-state index in [4.69, 9.17) is 0 Å². The van der Waals surface area contributed by atoms with Gasteiger partial charge in [0.2, 0.25) is 5.91 Å². The van der Waals surface area contributed by atoms with Crippen LogP contribution in [0.15, 0.2) is 24.3 Å². The highest BCUT2D eigenvalue weighted by atomic mass is 16.1. The van der Waals surface area contributed by atoms with E-state index >= 15 is 0 Å².